The number of aromatic carboxylic acids is 1. The van der Waals surface area contributed by atoms with Gasteiger partial charge in [-0.05, 0) is 53.1 Å². The van der Waals surface area contributed by atoms with E-state index in [0.29, 0.717) is 6.54 Å². The van der Waals surface area contributed by atoms with E-state index in [0.717, 1.165) is 22.4 Å². The van der Waals surface area contributed by atoms with Gasteiger partial charge in [-0.3, -0.25) is 0 Å². The number of benzene rings is 3. The second kappa shape index (κ2) is 6.96. The fourth-order valence-electron chi connectivity index (χ4n) is 2.39. The van der Waals surface area contributed by atoms with Crippen molar-refractivity contribution < 1.29 is 14.3 Å². The molecule has 0 aromatic heterocycles. The zero-order valence-corrected chi connectivity index (χ0v) is 12.9. The zero-order valence-electron chi connectivity index (χ0n) is 12.9. The summed E-state index contributed by atoms with van der Waals surface area (Å²) >= 11 is 0. The lowest BCUT2D eigenvalue weighted by Gasteiger charge is -2.08. The number of rotatable bonds is 5. The van der Waals surface area contributed by atoms with E-state index in [2.05, 4.69) is 5.32 Å². The van der Waals surface area contributed by atoms with Crippen LogP contribution in [-0.4, -0.2) is 11.1 Å². The van der Waals surface area contributed by atoms with Gasteiger partial charge in [-0.15, -0.1) is 0 Å². The van der Waals surface area contributed by atoms with E-state index in [9.17, 15) is 9.18 Å². The van der Waals surface area contributed by atoms with Crippen molar-refractivity contribution in [3.8, 4) is 11.1 Å². The smallest absolute Gasteiger partial charge is 0.335 e. The van der Waals surface area contributed by atoms with Gasteiger partial charge in [0.2, 0.25) is 0 Å². The first-order valence-electron chi connectivity index (χ1n) is 7.54. The second-order valence-electron chi connectivity index (χ2n) is 5.44. The van der Waals surface area contributed by atoms with E-state index in [-0.39, 0.29) is 11.4 Å². The fourth-order valence-corrected chi connectivity index (χ4v) is 2.39. The van der Waals surface area contributed by atoms with Crippen LogP contribution in [0.1, 0.15) is 15.9 Å². The van der Waals surface area contributed by atoms with E-state index in [1.54, 1.807) is 36.4 Å². The highest BCUT2D eigenvalue weighted by Gasteiger charge is 2.03. The molecule has 3 rings (SSSR count). The van der Waals surface area contributed by atoms with Crippen molar-refractivity contribution in [2.75, 3.05) is 5.32 Å². The number of carboxylic acids is 1. The van der Waals surface area contributed by atoms with Gasteiger partial charge in [0.15, 0.2) is 0 Å². The largest absolute Gasteiger partial charge is 0.478 e. The Hall–Kier alpha value is -3.14. The van der Waals surface area contributed by atoms with Crippen molar-refractivity contribution >= 4 is 11.7 Å². The first kappa shape index (κ1) is 15.7. The Morgan fingerprint density at radius 3 is 1.92 bits per heavy atom. The van der Waals surface area contributed by atoms with Crippen LogP contribution in [0.15, 0.2) is 72.8 Å². The van der Waals surface area contributed by atoms with E-state index in [1.807, 2.05) is 24.3 Å². The molecule has 2 N–H and O–H groups in total. The molecule has 3 aromatic carbocycles. The molecule has 0 unspecified atom stereocenters. The molecule has 0 atom stereocenters. The predicted octanol–water partition coefficient (Wildman–Crippen LogP) is 4.80. The van der Waals surface area contributed by atoms with Crippen LogP contribution in [0.2, 0.25) is 0 Å². The van der Waals surface area contributed by atoms with Crippen molar-refractivity contribution in [2.45, 2.75) is 6.54 Å². The Morgan fingerprint density at radius 1 is 0.833 bits per heavy atom. The van der Waals surface area contributed by atoms with Crippen LogP contribution >= 0.6 is 0 Å². The number of hydrogen-bond acceptors (Lipinski definition) is 2. The summed E-state index contributed by atoms with van der Waals surface area (Å²) in [6, 6.07) is 21.1. The topological polar surface area (TPSA) is 49.3 Å². The minimum absolute atomic E-state index is 0.251. The van der Waals surface area contributed by atoms with E-state index < -0.39 is 5.97 Å². The lowest BCUT2D eigenvalue weighted by atomic mass is 10.0. The van der Waals surface area contributed by atoms with Crippen LogP contribution in [0.5, 0.6) is 0 Å². The molecule has 4 heteroatoms. The lowest BCUT2D eigenvalue weighted by Crippen LogP contribution is -1.99. The normalized spacial score (nSPS) is 10.4. The van der Waals surface area contributed by atoms with Crippen LogP contribution in [0, 0.1) is 5.82 Å². The number of carbonyl (C=O) groups is 1. The monoisotopic (exact) mass is 321 g/mol. The van der Waals surface area contributed by atoms with E-state index in [1.165, 1.54) is 12.1 Å². The standard InChI is InChI=1S/C20H16FNO2/c21-18-9-11-19(12-10-18)22-13-14-1-3-15(4-2-14)16-5-7-17(8-6-16)20(23)24/h1-12,22H,13H2,(H,23,24). The summed E-state index contributed by atoms with van der Waals surface area (Å²) in [6.07, 6.45) is 0. The number of carboxylic acid groups (broad SMARTS) is 1. The fraction of sp³-hybridized carbons (Fsp3) is 0.0500. The van der Waals surface area contributed by atoms with Gasteiger partial charge in [0, 0.05) is 12.2 Å². The molecule has 0 aliphatic carbocycles. The quantitative estimate of drug-likeness (QED) is 0.709. The van der Waals surface area contributed by atoms with Crippen molar-refractivity contribution in [1.82, 2.24) is 0 Å². The van der Waals surface area contributed by atoms with Crippen molar-refractivity contribution in [3.63, 3.8) is 0 Å². The molecule has 0 saturated heterocycles. The number of nitrogens with one attached hydrogen (secondary N) is 1. The van der Waals surface area contributed by atoms with Crippen molar-refractivity contribution in [2.24, 2.45) is 0 Å². The summed E-state index contributed by atoms with van der Waals surface area (Å²) in [7, 11) is 0. The molecule has 0 aliphatic rings. The SMILES string of the molecule is O=C(O)c1ccc(-c2ccc(CNc3ccc(F)cc3)cc2)cc1. The van der Waals surface area contributed by atoms with Crippen LogP contribution < -0.4 is 5.32 Å². The Labute approximate surface area is 139 Å². The van der Waals surface area contributed by atoms with Gasteiger partial charge < -0.3 is 10.4 Å². The molecule has 0 aliphatic heterocycles. The molecule has 0 fully saturated rings. The van der Waals surface area contributed by atoms with Crippen LogP contribution in [0.4, 0.5) is 10.1 Å². The molecule has 0 bridgehead atoms. The minimum atomic E-state index is -0.927. The molecule has 0 radical (unpaired) electrons. The Morgan fingerprint density at radius 2 is 1.38 bits per heavy atom. The third kappa shape index (κ3) is 3.79. The van der Waals surface area contributed by atoms with E-state index in [4.69, 9.17) is 5.11 Å². The average Bonchev–Trinajstić information content (AvgIpc) is 2.62. The maximum Gasteiger partial charge on any atom is 0.335 e. The van der Waals surface area contributed by atoms with Crippen LogP contribution in [-0.2, 0) is 6.54 Å². The molecule has 0 saturated carbocycles. The molecular formula is C20H16FNO2. The highest BCUT2D eigenvalue weighted by atomic mass is 19.1. The second-order valence-corrected chi connectivity index (χ2v) is 5.44. The predicted molar refractivity (Wildman–Crippen MR) is 92.6 cm³/mol. The lowest BCUT2D eigenvalue weighted by molar-refractivity contribution is 0.0697. The highest BCUT2D eigenvalue weighted by Crippen LogP contribution is 2.21. The molecule has 0 heterocycles. The van der Waals surface area contributed by atoms with Crippen molar-refractivity contribution in [3.05, 3.63) is 89.7 Å². The number of anilines is 1. The number of halogens is 1. The average molecular weight is 321 g/mol. The van der Waals surface area contributed by atoms with Gasteiger partial charge in [-0.1, -0.05) is 36.4 Å². The Bertz CT molecular complexity index is 825. The van der Waals surface area contributed by atoms with Gasteiger partial charge in [-0.2, -0.15) is 0 Å². The molecular weight excluding hydrogens is 305 g/mol. The molecule has 0 spiro atoms. The van der Waals surface area contributed by atoms with E-state index >= 15 is 0 Å². The molecule has 24 heavy (non-hydrogen) atoms. The Balaban J connectivity index is 1.66. The zero-order chi connectivity index (χ0) is 16.9. The third-order valence-corrected chi connectivity index (χ3v) is 3.76. The van der Waals surface area contributed by atoms with Gasteiger partial charge in [0.05, 0.1) is 5.56 Å². The van der Waals surface area contributed by atoms with Crippen LogP contribution in [0.25, 0.3) is 11.1 Å². The van der Waals surface area contributed by atoms with Gasteiger partial charge in [-0.25, -0.2) is 9.18 Å². The summed E-state index contributed by atoms with van der Waals surface area (Å²) in [5.74, 6) is -1.18. The number of hydrogen-bond donors (Lipinski definition) is 2. The third-order valence-electron chi connectivity index (χ3n) is 3.76. The Kier molecular flexibility index (Phi) is 4.57. The first-order valence-corrected chi connectivity index (χ1v) is 7.54. The summed E-state index contributed by atoms with van der Waals surface area (Å²) in [5.41, 5.74) is 4.24. The summed E-state index contributed by atoms with van der Waals surface area (Å²) in [5, 5.41) is 12.2. The van der Waals surface area contributed by atoms with Crippen molar-refractivity contribution in [1.29, 1.82) is 0 Å². The maximum atomic E-state index is 12.9. The first-order chi connectivity index (χ1) is 11.6. The molecule has 120 valence electrons. The minimum Gasteiger partial charge on any atom is -0.478 e. The summed E-state index contributed by atoms with van der Waals surface area (Å²) in [6.45, 7) is 0.643. The molecule has 3 nitrogen and oxygen atoms in total. The van der Waals surface area contributed by atoms with Gasteiger partial charge in [0.25, 0.3) is 0 Å². The van der Waals surface area contributed by atoms with Crippen LogP contribution in [0.3, 0.4) is 0 Å². The molecule has 3 aromatic rings. The van der Waals surface area contributed by atoms with Gasteiger partial charge in [0.1, 0.15) is 5.82 Å². The summed E-state index contributed by atoms with van der Waals surface area (Å²) in [4.78, 5) is 10.9. The summed E-state index contributed by atoms with van der Waals surface area (Å²) < 4.78 is 12.9. The maximum absolute atomic E-state index is 12.9. The van der Waals surface area contributed by atoms with Gasteiger partial charge >= 0.3 is 5.97 Å². The molecule has 0 amide bonds. The highest BCUT2D eigenvalue weighted by molar-refractivity contribution is 5.88.